The molecule has 104 valence electrons. The van der Waals surface area contributed by atoms with E-state index in [0.717, 1.165) is 10.7 Å². The molecule has 0 saturated heterocycles. The van der Waals surface area contributed by atoms with Gasteiger partial charge in [-0.05, 0) is 6.07 Å². The molecule has 0 saturated carbocycles. The Hall–Kier alpha value is -2.27. The van der Waals surface area contributed by atoms with E-state index in [0.29, 0.717) is 0 Å². The Balaban J connectivity index is 2.52. The number of nitrogens with zero attached hydrogens (tertiary/aromatic N) is 4. The van der Waals surface area contributed by atoms with Gasteiger partial charge in [0.15, 0.2) is 4.98 Å². The van der Waals surface area contributed by atoms with Crippen LogP contribution < -0.4 is 4.74 Å². The Morgan fingerprint density at radius 1 is 1.45 bits per heavy atom. The van der Waals surface area contributed by atoms with Crippen LogP contribution >= 0.6 is 11.6 Å². The monoisotopic (exact) mass is 303 g/mol. The van der Waals surface area contributed by atoms with Crippen molar-refractivity contribution in [1.29, 1.82) is 5.39 Å². The fourth-order valence-electron chi connectivity index (χ4n) is 1.63. The average molecular weight is 304 g/mol. The molecule has 0 radical (unpaired) electrons. The summed E-state index contributed by atoms with van der Waals surface area (Å²) in [5.41, 5.74) is -0.0729. The summed E-state index contributed by atoms with van der Waals surface area (Å²) >= 11 is 5.87. The van der Waals surface area contributed by atoms with Crippen molar-refractivity contribution >= 4 is 17.3 Å². The molecule has 1 aromatic carbocycles. The topological polar surface area (TPSA) is 55.2 Å². The standard InChI is InChI=1S/C11H7ClF3N4O/c1-19-10(20-11(14)15)8(12)9(18-19)6-3-2-5(17-16)4-7(6)13/h2-4,11H,1H3/q+1. The van der Waals surface area contributed by atoms with Crippen molar-refractivity contribution in [2.45, 2.75) is 6.61 Å². The molecule has 0 fully saturated rings. The van der Waals surface area contributed by atoms with Crippen LogP contribution in [0.5, 0.6) is 5.88 Å². The molecule has 0 aliphatic carbocycles. The lowest BCUT2D eigenvalue weighted by Gasteiger charge is -2.03. The van der Waals surface area contributed by atoms with Gasteiger partial charge in [0, 0.05) is 18.7 Å². The molecule has 0 spiro atoms. The van der Waals surface area contributed by atoms with Crippen molar-refractivity contribution < 1.29 is 17.9 Å². The van der Waals surface area contributed by atoms with Gasteiger partial charge in [0.05, 0.1) is 6.07 Å². The Kier molecular flexibility index (Phi) is 3.81. The van der Waals surface area contributed by atoms with E-state index in [1.807, 2.05) is 0 Å². The number of benzene rings is 1. The van der Waals surface area contributed by atoms with Crippen LogP contribution in [0.2, 0.25) is 5.02 Å². The molecule has 0 aliphatic heterocycles. The molecule has 0 amide bonds. The maximum atomic E-state index is 13.8. The largest absolute Gasteiger partial charge is 0.416 e. The molecule has 1 aromatic heterocycles. The number of aryl methyl sites for hydroxylation is 1. The van der Waals surface area contributed by atoms with Crippen LogP contribution in [0.1, 0.15) is 0 Å². The van der Waals surface area contributed by atoms with Gasteiger partial charge < -0.3 is 4.74 Å². The average Bonchev–Trinajstić information content (AvgIpc) is 2.66. The molecule has 5 nitrogen and oxygen atoms in total. The van der Waals surface area contributed by atoms with Gasteiger partial charge in [-0.1, -0.05) is 11.6 Å². The molecular formula is C11H7ClF3N4O+. The quantitative estimate of drug-likeness (QED) is 0.806. The summed E-state index contributed by atoms with van der Waals surface area (Å²) in [5.74, 6) is -1.13. The van der Waals surface area contributed by atoms with E-state index in [1.165, 1.54) is 19.2 Å². The minimum atomic E-state index is -3.07. The van der Waals surface area contributed by atoms with E-state index in [1.54, 1.807) is 0 Å². The number of ether oxygens (including phenoxy) is 1. The minimum absolute atomic E-state index is 0.00218. The van der Waals surface area contributed by atoms with E-state index >= 15 is 0 Å². The normalized spacial score (nSPS) is 10.7. The summed E-state index contributed by atoms with van der Waals surface area (Å²) < 4.78 is 43.5. The molecule has 2 rings (SSSR count). The number of rotatable bonds is 3. The van der Waals surface area contributed by atoms with Crippen molar-refractivity contribution in [2.75, 3.05) is 0 Å². The van der Waals surface area contributed by atoms with Gasteiger partial charge in [0.25, 0.3) is 0 Å². The number of alkyl halides is 2. The maximum Gasteiger partial charge on any atom is 0.388 e. The number of diazo groups is 1. The third-order valence-electron chi connectivity index (χ3n) is 2.46. The van der Waals surface area contributed by atoms with Crippen LogP contribution in [0, 0.1) is 11.2 Å². The number of hydrogen-bond donors (Lipinski definition) is 0. The van der Waals surface area contributed by atoms with Crippen molar-refractivity contribution in [3.05, 3.63) is 34.0 Å². The summed E-state index contributed by atoms with van der Waals surface area (Å²) in [6.07, 6.45) is 0. The number of halogens is 4. The highest BCUT2D eigenvalue weighted by Gasteiger charge is 2.23. The molecule has 0 bridgehead atoms. The highest BCUT2D eigenvalue weighted by Crippen LogP contribution is 2.37. The number of hydrogen-bond acceptors (Lipinski definition) is 3. The van der Waals surface area contributed by atoms with Gasteiger partial charge in [0.2, 0.25) is 11.3 Å². The highest BCUT2D eigenvalue weighted by atomic mass is 35.5. The molecule has 0 aliphatic rings. The fourth-order valence-corrected chi connectivity index (χ4v) is 1.93. The maximum absolute atomic E-state index is 13.8. The van der Waals surface area contributed by atoms with Gasteiger partial charge in [-0.15, -0.1) is 0 Å². The molecular weight excluding hydrogens is 297 g/mol. The van der Waals surface area contributed by atoms with Gasteiger partial charge in [0.1, 0.15) is 16.5 Å². The fraction of sp³-hybridized carbons (Fsp3) is 0.182. The molecule has 0 atom stereocenters. The predicted molar refractivity (Wildman–Crippen MR) is 65.0 cm³/mol. The van der Waals surface area contributed by atoms with Crippen LogP contribution in [0.25, 0.3) is 16.2 Å². The van der Waals surface area contributed by atoms with Gasteiger partial charge in [-0.2, -0.15) is 13.9 Å². The molecule has 1 heterocycles. The third-order valence-corrected chi connectivity index (χ3v) is 2.80. The predicted octanol–water partition coefficient (Wildman–Crippen LogP) is 3.97. The van der Waals surface area contributed by atoms with Crippen LogP contribution in [-0.4, -0.2) is 16.4 Å². The zero-order chi connectivity index (χ0) is 14.9. The number of aromatic nitrogens is 2. The lowest BCUT2D eigenvalue weighted by Crippen LogP contribution is -2.06. The van der Waals surface area contributed by atoms with Crippen molar-refractivity contribution in [3.63, 3.8) is 0 Å². The first-order valence-electron chi connectivity index (χ1n) is 5.26. The molecule has 0 N–H and O–H groups in total. The summed E-state index contributed by atoms with van der Waals surface area (Å²) in [5, 5.41) is 12.1. The molecule has 2 aromatic rings. The third kappa shape index (κ3) is 2.53. The Labute approximate surface area is 116 Å². The second-order valence-electron chi connectivity index (χ2n) is 3.73. The summed E-state index contributed by atoms with van der Waals surface area (Å²) in [6, 6.07) is 3.54. The Morgan fingerprint density at radius 3 is 2.70 bits per heavy atom. The SMILES string of the molecule is Cn1nc(-c2ccc([N+]#N)cc2F)c(Cl)c1OC(F)F. The first-order chi connectivity index (χ1) is 9.43. The van der Waals surface area contributed by atoms with Crippen LogP contribution in [0.4, 0.5) is 18.9 Å². The molecule has 0 unspecified atom stereocenters. The Morgan fingerprint density at radius 2 is 2.15 bits per heavy atom. The van der Waals surface area contributed by atoms with Gasteiger partial charge >= 0.3 is 12.3 Å². The van der Waals surface area contributed by atoms with Crippen LogP contribution in [-0.2, 0) is 7.05 Å². The van der Waals surface area contributed by atoms with E-state index in [-0.39, 0.29) is 27.8 Å². The van der Waals surface area contributed by atoms with E-state index in [9.17, 15) is 13.2 Å². The van der Waals surface area contributed by atoms with Crippen LogP contribution in [0.3, 0.4) is 0 Å². The smallest absolute Gasteiger partial charge is 0.388 e. The van der Waals surface area contributed by atoms with Crippen molar-refractivity contribution in [2.24, 2.45) is 7.05 Å². The molecule has 20 heavy (non-hydrogen) atoms. The first kappa shape index (κ1) is 14.1. The minimum Gasteiger partial charge on any atom is -0.416 e. The first-order valence-corrected chi connectivity index (χ1v) is 5.64. The lowest BCUT2D eigenvalue weighted by atomic mass is 10.1. The second-order valence-corrected chi connectivity index (χ2v) is 4.11. The van der Waals surface area contributed by atoms with Crippen molar-refractivity contribution in [1.82, 2.24) is 9.78 Å². The van der Waals surface area contributed by atoms with Crippen molar-refractivity contribution in [3.8, 4) is 17.1 Å². The summed E-state index contributed by atoms with van der Waals surface area (Å²) in [7, 11) is 1.34. The second kappa shape index (κ2) is 5.38. The Bertz CT molecular complexity index is 696. The summed E-state index contributed by atoms with van der Waals surface area (Å²) in [6.45, 7) is -3.07. The zero-order valence-electron chi connectivity index (χ0n) is 10.0. The molecule has 9 heteroatoms. The van der Waals surface area contributed by atoms with E-state index in [2.05, 4.69) is 14.8 Å². The zero-order valence-corrected chi connectivity index (χ0v) is 10.8. The van der Waals surface area contributed by atoms with E-state index < -0.39 is 12.4 Å². The highest BCUT2D eigenvalue weighted by molar-refractivity contribution is 6.34. The van der Waals surface area contributed by atoms with E-state index in [4.69, 9.17) is 17.0 Å². The van der Waals surface area contributed by atoms with Crippen LogP contribution in [0.15, 0.2) is 18.2 Å². The van der Waals surface area contributed by atoms with Gasteiger partial charge in [-0.3, -0.25) is 0 Å². The van der Waals surface area contributed by atoms with Gasteiger partial charge in [-0.25, -0.2) is 9.07 Å². The lowest BCUT2D eigenvalue weighted by molar-refractivity contribution is -0.0552. The summed E-state index contributed by atoms with van der Waals surface area (Å²) in [4.78, 5) is 2.83.